The number of aliphatic hydroxyl groups is 2. The van der Waals surface area contributed by atoms with E-state index >= 15 is 4.39 Å². The van der Waals surface area contributed by atoms with E-state index in [9.17, 15) is 24.6 Å². The zero-order valence-corrected chi connectivity index (χ0v) is 18.6. The molecular weight excluding hydrogens is 427 g/mol. The van der Waals surface area contributed by atoms with Gasteiger partial charge in [-0.2, -0.15) is 0 Å². The molecule has 170 valence electrons. The van der Waals surface area contributed by atoms with Crippen molar-refractivity contribution in [3.63, 3.8) is 0 Å². The molecule has 0 heterocycles. The summed E-state index contributed by atoms with van der Waals surface area (Å²) in [5.74, 6) is -2.84. The highest BCUT2D eigenvalue weighted by atomic mass is 35.5. The average Bonchev–Trinajstić information content (AvgIpc) is 2.96. The fourth-order valence-corrected chi connectivity index (χ4v) is 7.47. The largest absolute Gasteiger partial charge is 0.458 e. The molecule has 0 radical (unpaired) electrons. The van der Waals surface area contributed by atoms with Gasteiger partial charge in [0, 0.05) is 23.7 Å². The number of ketones is 2. The van der Waals surface area contributed by atoms with E-state index in [1.54, 1.807) is 13.0 Å². The van der Waals surface area contributed by atoms with Gasteiger partial charge < -0.3 is 14.9 Å². The Kier molecular flexibility index (Phi) is 5.27. The first-order chi connectivity index (χ1) is 14.4. The molecule has 4 aliphatic carbocycles. The Morgan fingerprint density at radius 3 is 2.68 bits per heavy atom. The van der Waals surface area contributed by atoms with Gasteiger partial charge in [-0.3, -0.25) is 14.4 Å². The highest BCUT2D eigenvalue weighted by molar-refractivity contribution is 6.21. The van der Waals surface area contributed by atoms with E-state index in [4.69, 9.17) is 16.3 Å². The minimum Gasteiger partial charge on any atom is -0.458 e. The number of halogens is 2. The molecule has 8 heteroatoms. The number of allylic oxidation sites excluding steroid dienone is 4. The van der Waals surface area contributed by atoms with Crippen molar-refractivity contribution in [3.05, 3.63) is 23.8 Å². The molecule has 3 fully saturated rings. The zero-order chi connectivity index (χ0) is 22.9. The van der Waals surface area contributed by atoms with Crippen LogP contribution >= 0.6 is 11.6 Å². The van der Waals surface area contributed by atoms with Gasteiger partial charge >= 0.3 is 5.97 Å². The lowest BCUT2D eigenvalue weighted by molar-refractivity contribution is -0.182. The summed E-state index contributed by atoms with van der Waals surface area (Å²) in [6.07, 6.45) is 2.46. The SMILES string of the molecule is CC(=O)OCC(=O)[C@@]1(O)CC[C@H]2[C@@H]3[C@H](Cl)[C@@H](F)C4=CC(=O)C=C[C@]4(C)[C@H]3[C@@H](O)C[C@@]21C. The number of aliphatic hydroxyl groups excluding tert-OH is 1. The van der Waals surface area contributed by atoms with Crippen molar-refractivity contribution in [1.29, 1.82) is 0 Å². The molecule has 2 N–H and O–H groups in total. The predicted octanol–water partition coefficient (Wildman–Crippen LogP) is 2.29. The van der Waals surface area contributed by atoms with E-state index in [-0.39, 0.29) is 30.1 Å². The summed E-state index contributed by atoms with van der Waals surface area (Å²) in [4.78, 5) is 36.0. The van der Waals surface area contributed by atoms with E-state index in [2.05, 4.69) is 0 Å². The maximum atomic E-state index is 15.5. The summed E-state index contributed by atoms with van der Waals surface area (Å²) in [6.45, 7) is 4.18. The van der Waals surface area contributed by atoms with Crippen LogP contribution in [0.15, 0.2) is 23.8 Å². The van der Waals surface area contributed by atoms with Crippen LogP contribution < -0.4 is 0 Å². The van der Waals surface area contributed by atoms with Crippen molar-refractivity contribution in [3.8, 4) is 0 Å². The molecule has 6 nitrogen and oxygen atoms in total. The first-order valence-electron chi connectivity index (χ1n) is 10.7. The number of carbonyl (C=O) groups excluding carboxylic acids is 3. The van der Waals surface area contributed by atoms with Crippen LogP contribution in [-0.4, -0.2) is 57.6 Å². The van der Waals surface area contributed by atoms with Crippen LogP contribution in [0.2, 0.25) is 0 Å². The Morgan fingerprint density at radius 1 is 1.35 bits per heavy atom. The molecule has 3 saturated carbocycles. The Bertz CT molecular complexity index is 900. The van der Waals surface area contributed by atoms with Crippen molar-refractivity contribution >= 4 is 29.1 Å². The Labute approximate surface area is 185 Å². The number of hydrogen-bond acceptors (Lipinski definition) is 6. The second-order valence-electron chi connectivity index (χ2n) is 9.97. The number of alkyl halides is 2. The number of ether oxygens (including phenoxy) is 1. The van der Waals surface area contributed by atoms with Gasteiger partial charge in [-0.15, -0.1) is 11.6 Å². The molecule has 0 saturated heterocycles. The number of hydrogen-bond donors (Lipinski definition) is 2. The highest BCUT2D eigenvalue weighted by Gasteiger charge is 2.70. The van der Waals surface area contributed by atoms with Gasteiger partial charge in [0.05, 0.1) is 11.5 Å². The molecule has 0 aromatic carbocycles. The summed E-state index contributed by atoms with van der Waals surface area (Å²) >= 11 is 6.64. The molecule has 0 amide bonds. The third-order valence-electron chi connectivity index (χ3n) is 8.53. The molecule has 0 aliphatic heterocycles. The molecule has 0 spiro atoms. The van der Waals surface area contributed by atoms with Crippen LogP contribution in [0.4, 0.5) is 4.39 Å². The lowest BCUT2D eigenvalue weighted by atomic mass is 9.45. The number of rotatable bonds is 3. The fraction of sp³-hybridized carbons (Fsp3) is 0.696. The molecule has 4 rings (SSSR count). The van der Waals surface area contributed by atoms with Gasteiger partial charge in [-0.25, -0.2) is 4.39 Å². The molecule has 31 heavy (non-hydrogen) atoms. The summed E-state index contributed by atoms with van der Waals surface area (Å²) in [7, 11) is 0. The zero-order valence-electron chi connectivity index (χ0n) is 17.8. The van der Waals surface area contributed by atoms with Crippen LogP contribution in [0.1, 0.15) is 40.0 Å². The van der Waals surface area contributed by atoms with Gasteiger partial charge in [0.15, 0.2) is 12.4 Å². The lowest BCUT2D eigenvalue weighted by Gasteiger charge is -2.61. The van der Waals surface area contributed by atoms with Crippen LogP contribution in [0.3, 0.4) is 0 Å². The van der Waals surface area contributed by atoms with Crippen LogP contribution in [0, 0.1) is 28.6 Å². The first kappa shape index (κ1) is 22.6. The Morgan fingerprint density at radius 2 is 2.03 bits per heavy atom. The average molecular weight is 455 g/mol. The van der Waals surface area contributed by atoms with Gasteiger partial charge in [0.25, 0.3) is 0 Å². The van der Waals surface area contributed by atoms with Crippen LogP contribution in [0.5, 0.6) is 0 Å². The van der Waals surface area contributed by atoms with Crippen LogP contribution in [0.25, 0.3) is 0 Å². The van der Waals surface area contributed by atoms with Gasteiger partial charge in [0.2, 0.25) is 5.78 Å². The highest BCUT2D eigenvalue weighted by Crippen LogP contribution is 2.68. The predicted molar refractivity (Wildman–Crippen MR) is 110 cm³/mol. The van der Waals surface area contributed by atoms with E-state index < -0.39 is 64.3 Å². The minimum absolute atomic E-state index is 0.117. The number of esters is 1. The topological polar surface area (TPSA) is 101 Å². The van der Waals surface area contributed by atoms with Crippen molar-refractivity contribution in [2.45, 2.75) is 63.3 Å². The molecule has 0 bridgehead atoms. The van der Waals surface area contributed by atoms with Crippen molar-refractivity contribution in [1.82, 2.24) is 0 Å². The number of fused-ring (bicyclic) bond motifs is 5. The Balaban J connectivity index is 1.74. The summed E-state index contributed by atoms with van der Waals surface area (Å²) in [5.41, 5.74) is -3.46. The molecular formula is C23H28ClFO6. The molecule has 9 atom stereocenters. The standard InChI is InChI=1S/C23H28ClFO6/c1-11(26)31-10-16(29)23(30)7-5-13-17-18(15(28)9-22(13,23)3)21(2)6-4-12(27)8-14(21)20(25)19(17)24/h4,6,8,13,15,17-20,28,30H,5,7,9-10H2,1-3H3/t13-,15-,17-,18-,19-,20-,21-,22-,23-/m0/s1. The second kappa shape index (κ2) is 7.22. The maximum absolute atomic E-state index is 15.5. The van der Waals surface area contributed by atoms with Crippen molar-refractivity contribution < 1.29 is 33.7 Å². The maximum Gasteiger partial charge on any atom is 0.303 e. The van der Waals surface area contributed by atoms with Crippen molar-refractivity contribution in [2.24, 2.45) is 28.6 Å². The smallest absolute Gasteiger partial charge is 0.303 e. The van der Waals surface area contributed by atoms with E-state index in [0.717, 1.165) is 0 Å². The number of carbonyl (C=O) groups is 3. The first-order valence-corrected chi connectivity index (χ1v) is 11.1. The van der Waals surface area contributed by atoms with E-state index in [1.807, 2.05) is 6.92 Å². The molecule has 4 aliphatic rings. The normalized spacial score (nSPS) is 48.4. The van der Waals surface area contributed by atoms with Crippen LogP contribution in [-0.2, 0) is 19.1 Å². The third-order valence-corrected chi connectivity index (χ3v) is 9.04. The summed E-state index contributed by atoms with van der Waals surface area (Å²) in [6, 6.07) is 0. The lowest BCUT2D eigenvalue weighted by Crippen LogP contribution is -2.65. The molecule has 0 aromatic rings. The second-order valence-corrected chi connectivity index (χ2v) is 10.5. The van der Waals surface area contributed by atoms with Gasteiger partial charge in [-0.05, 0) is 48.8 Å². The third kappa shape index (κ3) is 3.00. The minimum atomic E-state index is -1.81. The Hall–Kier alpha value is -1.57. The summed E-state index contributed by atoms with van der Waals surface area (Å²) in [5, 5.41) is 21.7. The quantitative estimate of drug-likeness (QED) is 0.501. The molecule has 0 unspecified atom stereocenters. The molecule has 0 aromatic heterocycles. The number of Topliss-reactive ketones (excluding diaryl/α,β-unsaturated/α-hetero) is 1. The van der Waals surface area contributed by atoms with Gasteiger partial charge in [0.1, 0.15) is 11.8 Å². The summed E-state index contributed by atoms with van der Waals surface area (Å²) < 4.78 is 20.3. The fourth-order valence-electron chi connectivity index (χ4n) is 7.00. The van der Waals surface area contributed by atoms with E-state index in [1.165, 1.54) is 19.1 Å². The van der Waals surface area contributed by atoms with E-state index in [0.29, 0.717) is 6.42 Å². The van der Waals surface area contributed by atoms with Gasteiger partial charge in [-0.1, -0.05) is 19.9 Å². The monoisotopic (exact) mass is 454 g/mol. The van der Waals surface area contributed by atoms with Crippen molar-refractivity contribution in [2.75, 3.05) is 6.61 Å².